The Kier molecular flexibility index (Phi) is 3.87. The Morgan fingerprint density at radius 1 is 1.50 bits per heavy atom. The zero-order chi connectivity index (χ0) is 13.8. The largest absolute Gasteiger partial charge is 0.497 e. The first kappa shape index (κ1) is 13.0. The first-order chi connectivity index (χ1) is 9.86. The van der Waals surface area contributed by atoms with E-state index in [0.29, 0.717) is 6.04 Å². The molecular weight excluding hydrogens is 254 g/mol. The van der Waals surface area contributed by atoms with Gasteiger partial charge in [0.2, 0.25) is 0 Å². The number of nitrogens with one attached hydrogen (secondary N) is 2. The maximum Gasteiger partial charge on any atom is 0.124 e. The third-order valence-electron chi connectivity index (χ3n) is 3.60. The van der Waals surface area contributed by atoms with Gasteiger partial charge in [-0.2, -0.15) is 0 Å². The highest BCUT2D eigenvalue weighted by atomic mass is 16.5. The van der Waals surface area contributed by atoms with Crippen LogP contribution >= 0.6 is 0 Å². The number of aromatic amines is 1. The van der Waals surface area contributed by atoms with Gasteiger partial charge in [-0.15, -0.1) is 0 Å². The van der Waals surface area contributed by atoms with Crippen molar-refractivity contribution in [3.05, 3.63) is 42.0 Å². The zero-order valence-corrected chi connectivity index (χ0v) is 11.6. The molecule has 20 heavy (non-hydrogen) atoms. The van der Waals surface area contributed by atoms with Gasteiger partial charge in [-0.05, 0) is 18.2 Å². The van der Waals surface area contributed by atoms with Crippen LogP contribution in [0.5, 0.6) is 11.5 Å². The smallest absolute Gasteiger partial charge is 0.124 e. The van der Waals surface area contributed by atoms with Crippen LogP contribution in [0.3, 0.4) is 0 Å². The van der Waals surface area contributed by atoms with Gasteiger partial charge in [0.25, 0.3) is 0 Å². The molecule has 1 aliphatic heterocycles. The highest BCUT2D eigenvalue weighted by Crippen LogP contribution is 2.34. The molecule has 5 heteroatoms. The molecule has 0 spiro atoms. The van der Waals surface area contributed by atoms with Crippen molar-refractivity contribution in [2.75, 3.05) is 20.3 Å². The van der Waals surface area contributed by atoms with Gasteiger partial charge >= 0.3 is 0 Å². The van der Waals surface area contributed by atoms with Gasteiger partial charge in [-0.3, -0.25) is 0 Å². The molecule has 0 fully saturated rings. The number of nitrogens with zero attached hydrogens (tertiary/aromatic N) is 1. The van der Waals surface area contributed by atoms with Gasteiger partial charge in [-0.25, -0.2) is 4.98 Å². The molecule has 5 nitrogen and oxygen atoms in total. The third-order valence-corrected chi connectivity index (χ3v) is 3.60. The van der Waals surface area contributed by atoms with Crippen LogP contribution in [0.2, 0.25) is 0 Å². The van der Waals surface area contributed by atoms with E-state index in [2.05, 4.69) is 21.4 Å². The standard InChI is InChI=1S/C15H19N3O2/c1-19-12-2-3-15-13(8-12)14(5-7-20-15)17-6-4-11-9-16-10-18-11/h2-3,8-10,14,17H,4-7H2,1H3,(H,16,18). The van der Waals surface area contributed by atoms with E-state index in [1.807, 2.05) is 18.3 Å². The number of methoxy groups -OCH3 is 1. The predicted molar refractivity (Wildman–Crippen MR) is 76.1 cm³/mol. The molecule has 0 saturated heterocycles. The van der Waals surface area contributed by atoms with E-state index in [-0.39, 0.29) is 0 Å². The van der Waals surface area contributed by atoms with Crippen LogP contribution in [-0.4, -0.2) is 30.2 Å². The SMILES string of the molecule is COc1ccc2c(c1)C(NCCc1cnc[nH]1)CCO2. The number of hydrogen-bond donors (Lipinski definition) is 2. The zero-order valence-electron chi connectivity index (χ0n) is 11.6. The van der Waals surface area contributed by atoms with Gasteiger partial charge < -0.3 is 19.8 Å². The number of rotatable bonds is 5. The van der Waals surface area contributed by atoms with Crippen molar-refractivity contribution in [2.24, 2.45) is 0 Å². The summed E-state index contributed by atoms with van der Waals surface area (Å²) in [6, 6.07) is 6.29. The lowest BCUT2D eigenvalue weighted by Crippen LogP contribution is -2.28. The minimum Gasteiger partial charge on any atom is -0.497 e. The fraction of sp³-hybridized carbons (Fsp3) is 0.400. The molecule has 0 bridgehead atoms. The Bertz CT molecular complexity index is 554. The molecule has 106 valence electrons. The van der Waals surface area contributed by atoms with E-state index in [9.17, 15) is 0 Å². The Morgan fingerprint density at radius 2 is 2.45 bits per heavy atom. The Balaban J connectivity index is 1.66. The van der Waals surface area contributed by atoms with Gasteiger partial charge in [-0.1, -0.05) is 0 Å². The second-order valence-corrected chi connectivity index (χ2v) is 4.87. The first-order valence-electron chi connectivity index (χ1n) is 6.88. The lowest BCUT2D eigenvalue weighted by Gasteiger charge is -2.27. The summed E-state index contributed by atoms with van der Waals surface area (Å²) in [5.74, 6) is 1.82. The van der Waals surface area contributed by atoms with Gasteiger partial charge in [0.05, 0.1) is 20.0 Å². The predicted octanol–water partition coefficient (Wildman–Crippen LogP) is 2.07. The Hall–Kier alpha value is -2.01. The topological polar surface area (TPSA) is 59.2 Å². The van der Waals surface area contributed by atoms with Crippen LogP contribution in [0.1, 0.15) is 23.7 Å². The second kappa shape index (κ2) is 5.96. The molecule has 1 aromatic carbocycles. The van der Waals surface area contributed by atoms with Crippen LogP contribution < -0.4 is 14.8 Å². The van der Waals surface area contributed by atoms with Crippen LogP contribution in [0.15, 0.2) is 30.7 Å². The van der Waals surface area contributed by atoms with Crippen molar-refractivity contribution >= 4 is 0 Å². The third kappa shape index (κ3) is 2.77. The molecule has 1 aliphatic rings. The summed E-state index contributed by atoms with van der Waals surface area (Å²) in [6.45, 7) is 1.66. The molecule has 0 radical (unpaired) electrons. The molecule has 0 saturated carbocycles. The maximum absolute atomic E-state index is 5.69. The molecule has 1 unspecified atom stereocenters. The maximum atomic E-state index is 5.69. The van der Waals surface area contributed by atoms with Crippen molar-refractivity contribution < 1.29 is 9.47 Å². The highest BCUT2D eigenvalue weighted by molar-refractivity contribution is 5.43. The summed E-state index contributed by atoms with van der Waals surface area (Å²) in [5.41, 5.74) is 2.33. The summed E-state index contributed by atoms with van der Waals surface area (Å²) in [6.07, 6.45) is 5.49. The quantitative estimate of drug-likeness (QED) is 0.875. The molecule has 0 aliphatic carbocycles. The fourth-order valence-electron chi connectivity index (χ4n) is 2.51. The van der Waals surface area contributed by atoms with Crippen molar-refractivity contribution in [1.82, 2.24) is 15.3 Å². The number of H-pyrrole nitrogens is 1. The van der Waals surface area contributed by atoms with E-state index in [0.717, 1.165) is 43.2 Å². The summed E-state index contributed by atoms with van der Waals surface area (Å²) in [7, 11) is 1.69. The molecule has 2 aromatic rings. The van der Waals surface area contributed by atoms with Crippen LogP contribution in [0.25, 0.3) is 0 Å². The van der Waals surface area contributed by atoms with Crippen molar-refractivity contribution in [1.29, 1.82) is 0 Å². The molecule has 0 amide bonds. The summed E-state index contributed by atoms with van der Waals surface area (Å²) >= 11 is 0. The average Bonchev–Trinajstić information content (AvgIpc) is 3.00. The van der Waals surface area contributed by atoms with Crippen molar-refractivity contribution in [3.63, 3.8) is 0 Å². The number of aromatic nitrogens is 2. The van der Waals surface area contributed by atoms with Crippen molar-refractivity contribution in [3.8, 4) is 11.5 Å². The van der Waals surface area contributed by atoms with E-state index >= 15 is 0 Å². The minimum atomic E-state index is 0.316. The molecule has 1 aromatic heterocycles. The number of imidazole rings is 1. The molecule has 2 heterocycles. The monoisotopic (exact) mass is 273 g/mol. The summed E-state index contributed by atoms with van der Waals surface area (Å²) in [5, 5.41) is 3.58. The number of ether oxygens (including phenoxy) is 2. The van der Waals surface area contributed by atoms with Crippen LogP contribution in [0.4, 0.5) is 0 Å². The average molecular weight is 273 g/mol. The second-order valence-electron chi connectivity index (χ2n) is 4.87. The van der Waals surface area contributed by atoms with Crippen LogP contribution in [-0.2, 0) is 6.42 Å². The number of fused-ring (bicyclic) bond motifs is 1. The summed E-state index contributed by atoms with van der Waals surface area (Å²) in [4.78, 5) is 7.14. The Morgan fingerprint density at radius 3 is 3.25 bits per heavy atom. The van der Waals surface area contributed by atoms with Gasteiger partial charge in [0.15, 0.2) is 0 Å². The molecular formula is C15H19N3O2. The molecule has 2 N–H and O–H groups in total. The van der Waals surface area contributed by atoms with Crippen LogP contribution in [0, 0.1) is 0 Å². The number of hydrogen-bond acceptors (Lipinski definition) is 4. The lowest BCUT2D eigenvalue weighted by atomic mass is 10.00. The highest BCUT2D eigenvalue weighted by Gasteiger charge is 2.21. The van der Waals surface area contributed by atoms with E-state index < -0.39 is 0 Å². The first-order valence-corrected chi connectivity index (χ1v) is 6.88. The van der Waals surface area contributed by atoms with Crippen molar-refractivity contribution in [2.45, 2.75) is 18.9 Å². The normalized spacial score (nSPS) is 17.4. The minimum absolute atomic E-state index is 0.316. The summed E-state index contributed by atoms with van der Waals surface area (Å²) < 4.78 is 11.0. The Labute approximate surface area is 118 Å². The lowest BCUT2D eigenvalue weighted by molar-refractivity contribution is 0.252. The molecule has 3 rings (SSSR count). The van der Waals surface area contributed by atoms with E-state index in [4.69, 9.17) is 9.47 Å². The van der Waals surface area contributed by atoms with Gasteiger partial charge in [0.1, 0.15) is 11.5 Å². The number of benzene rings is 1. The van der Waals surface area contributed by atoms with Gasteiger partial charge in [0, 0.05) is 42.9 Å². The fourth-order valence-corrected chi connectivity index (χ4v) is 2.51. The van der Waals surface area contributed by atoms with E-state index in [1.165, 1.54) is 5.56 Å². The molecule has 1 atom stereocenters. The van der Waals surface area contributed by atoms with E-state index in [1.54, 1.807) is 13.4 Å².